The molecule has 1 N–H and O–H groups in total. The van der Waals surface area contributed by atoms with Crippen LogP contribution in [0.25, 0.3) is 6.08 Å². The van der Waals surface area contributed by atoms with Gasteiger partial charge in [0.2, 0.25) is 0 Å². The second-order valence-corrected chi connectivity index (χ2v) is 6.86. The number of ether oxygens (including phenoxy) is 2. The maximum Gasteiger partial charge on any atom is 0.264 e. The van der Waals surface area contributed by atoms with E-state index < -0.39 is 0 Å². The number of nitrogens with one attached hydrogen (secondary N) is 1. The molecule has 138 valence electrons. The molecular weight excluding hydrogens is 360 g/mol. The average molecular weight is 380 g/mol. The van der Waals surface area contributed by atoms with Gasteiger partial charge in [-0.1, -0.05) is 36.4 Å². The summed E-state index contributed by atoms with van der Waals surface area (Å²) in [6.07, 6.45) is 3.47. The largest absolute Gasteiger partial charge is 0.493 e. The molecule has 0 unspecified atom stereocenters. The number of amidine groups is 1. The fourth-order valence-electron chi connectivity index (χ4n) is 2.41. The van der Waals surface area contributed by atoms with Gasteiger partial charge in [-0.3, -0.25) is 4.79 Å². The lowest BCUT2D eigenvalue weighted by Gasteiger charge is -2.09. The molecule has 1 aliphatic heterocycles. The van der Waals surface area contributed by atoms with Crippen molar-refractivity contribution in [2.24, 2.45) is 4.99 Å². The van der Waals surface area contributed by atoms with E-state index in [0.29, 0.717) is 28.2 Å². The first kappa shape index (κ1) is 18.8. The van der Waals surface area contributed by atoms with Crippen molar-refractivity contribution >= 4 is 34.6 Å². The Bertz CT molecular complexity index is 918. The van der Waals surface area contributed by atoms with E-state index in [0.717, 1.165) is 16.8 Å². The van der Waals surface area contributed by atoms with Crippen molar-refractivity contribution in [3.05, 3.63) is 71.2 Å². The van der Waals surface area contributed by atoms with Crippen LogP contribution >= 0.6 is 11.8 Å². The lowest BCUT2D eigenvalue weighted by atomic mass is 10.2. The molecule has 1 aliphatic rings. The Hall–Kier alpha value is -2.99. The summed E-state index contributed by atoms with van der Waals surface area (Å²) in [5, 5.41) is 3.36. The molecule has 0 bridgehead atoms. The first-order valence-corrected chi connectivity index (χ1v) is 9.18. The van der Waals surface area contributed by atoms with Gasteiger partial charge in [0.15, 0.2) is 16.7 Å². The molecule has 0 saturated carbocycles. The molecule has 1 heterocycles. The fourth-order valence-corrected chi connectivity index (χ4v) is 3.25. The van der Waals surface area contributed by atoms with Crippen molar-refractivity contribution in [3.63, 3.8) is 0 Å². The molecule has 1 saturated heterocycles. The molecule has 0 aliphatic carbocycles. The van der Waals surface area contributed by atoms with Crippen molar-refractivity contribution < 1.29 is 14.3 Å². The molecule has 5 nitrogen and oxygen atoms in total. The molecule has 0 radical (unpaired) electrons. The highest BCUT2D eigenvalue weighted by Gasteiger charge is 2.24. The Morgan fingerprint density at radius 1 is 1.19 bits per heavy atom. The monoisotopic (exact) mass is 380 g/mol. The van der Waals surface area contributed by atoms with E-state index in [9.17, 15) is 4.79 Å². The van der Waals surface area contributed by atoms with E-state index in [1.165, 1.54) is 11.8 Å². The average Bonchev–Trinajstić information content (AvgIpc) is 3.01. The summed E-state index contributed by atoms with van der Waals surface area (Å²) in [5.41, 5.74) is 2.80. The van der Waals surface area contributed by atoms with E-state index in [-0.39, 0.29) is 5.91 Å². The minimum atomic E-state index is -0.170. The van der Waals surface area contributed by atoms with Gasteiger partial charge >= 0.3 is 0 Å². The highest BCUT2D eigenvalue weighted by Crippen LogP contribution is 2.32. The van der Waals surface area contributed by atoms with Crippen LogP contribution in [0.5, 0.6) is 11.5 Å². The molecular formula is C21H20N2O3S. The Morgan fingerprint density at radius 3 is 2.67 bits per heavy atom. The van der Waals surface area contributed by atoms with Gasteiger partial charge in [0.25, 0.3) is 5.91 Å². The molecule has 1 fully saturated rings. The molecule has 27 heavy (non-hydrogen) atoms. The van der Waals surface area contributed by atoms with Crippen molar-refractivity contribution in [2.45, 2.75) is 6.92 Å². The van der Waals surface area contributed by atoms with Crippen molar-refractivity contribution in [3.8, 4) is 11.5 Å². The third kappa shape index (κ3) is 4.80. The highest BCUT2D eigenvalue weighted by atomic mass is 32.2. The van der Waals surface area contributed by atoms with E-state index >= 15 is 0 Å². The number of nitrogens with zero attached hydrogens (tertiary/aromatic N) is 1. The zero-order valence-electron chi connectivity index (χ0n) is 15.2. The molecule has 0 aromatic heterocycles. The topological polar surface area (TPSA) is 59.9 Å². The number of aryl methyl sites for hydroxylation is 1. The molecule has 3 rings (SSSR count). The summed E-state index contributed by atoms with van der Waals surface area (Å²) in [7, 11) is 1.58. The van der Waals surface area contributed by atoms with Crippen LogP contribution in [-0.4, -0.2) is 24.8 Å². The SMILES string of the molecule is C=CCOc1ccc(/C=C2\SC(=Nc3ccc(C)cc3)NC2=O)cc1OC. The van der Waals surface area contributed by atoms with Gasteiger partial charge in [0.05, 0.1) is 17.7 Å². The number of hydrogen-bond acceptors (Lipinski definition) is 5. The van der Waals surface area contributed by atoms with Crippen LogP contribution in [0, 0.1) is 6.92 Å². The minimum Gasteiger partial charge on any atom is -0.493 e. The van der Waals surface area contributed by atoms with Gasteiger partial charge in [0.1, 0.15) is 6.61 Å². The molecule has 0 spiro atoms. The Kier molecular flexibility index (Phi) is 5.98. The van der Waals surface area contributed by atoms with E-state index in [4.69, 9.17) is 9.47 Å². The lowest BCUT2D eigenvalue weighted by molar-refractivity contribution is -0.115. The van der Waals surface area contributed by atoms with Gasteiger partial charge in [-0.15, -0.1) is 0 Å². The van der Waals surface area contributed by atoms with Crippen LogP contribution in [0.4, 0.5) is 5.69 Å². The van der Waals surface area contributed by atoms with Crippen LogP contribution in [0.15, 0.2) is 65.0 Å². The number of benzene rings is 2. The molecule has 1 amide bonds. The first-order valence-electron chi connectivity index (χ1n) is 8.37. The summed E-state index contributed by atoms with van der Waals surface area (Å²) in [4.78, 5) is 17.3. The maximum atomic E-state index is 12.2. The number of thioether (sulfide) groups is 1. The second kappa shape index (κ2) is 8.60. The number of carbonyl (C=O) groups is 1. The summed E-state index contributed by atoms with van der Waals surface area (Å²) < 4.78 is 10.9. The van der Waals surface area contributed by atoms with Crippen molar-refractivity contribution in [2.75, 3.05) is 13.7 Å². The number of rotatable bonds is 6. The van der Waals surface area contributed by atoms with Crippen LogP contribution in [0.2, 0.25) is 0 Å². The van der Waals surface area contributed by atoms with Gasteiger partial charge in [0, 0.05) is 0 Å². The smallest absolute Gasteiger partial charge is 0.264 e. The Labute approximate surface area is 162 Å². The maximum absolute atomic E-state index is 12.2. The highest BCUT2D eigenvalue weighted by molar-refractivity contribution is 8.18. The first-order chi connectivity index (χ1) is 13.1. The molecule has 2 aromatic carbocycles. The van der Waals surface area contributed by atoms with Crippen molar-refractivity contribution in [1.82, 2.24) is 5.32 Å². The third-order valence-electron chi connectivity index (χ3n) is 3.76. The minimum absolute atomic E-state index is 0.170. The fraction of sp³-hybridized carbons (Fsp3) is 0.143. The normalized spacial score (nSPS) is 16.4. The second-order valence-electron chi connectivity index (χ2n) is 5.83. The lowest BCUT2D eigenvalue weighted by Crippen LogP contribution is -2.19. The standard InChI is InChI=1S/C21H20N2O3S/c1-4-11-26-17-10-7-15(12-18(17)25-3)13-19-20(24)23-21(27-19)22-16-8-5-14(2)6-9-16/h4-10,12-13H,1,11H2,2-3H3,(H,22,23,24)/b19-13-. The Balaban J connectivity index is 1.79. The van der Waals surface area contributed by atoms with Crippen LogP contribution in [-0.2, 0) is 4.79 Å². The van der Waals surface area contributed by atoms with Crippen LogP contribution < -0.4 is 14.8 Å². The van der Waals surface area contributed by atoms with E-state index in [2.05, 4.69) is 16.9 Å². The number of aliphatic imine (C=N–C) groups is 1. The number of amides is 1. The zero-order valence-corrected chi connectivity index (χ0v) is 16.0. The Morgan fingerprint density at radius 2 is 1.96 bits per heavy atom. The van der Waals surface area contributed by atoms with Crippen LogP contribution in [0.3, 0.4) is 0 Å². The number of hydrogen-bond donors (Lipinski definition) is 1. The van der Waals surface area contributed by atoms with E-state index in [1.807, 2.05) is 49.4 Å². The summed E-state index contributed by atoms with van der Waals surface area (Å²) in [6.45, 7) is 6.05. The van der Waals surface area contributed by atoms with Gasteiger partial charge in [-0.25, -0.2) is 4.99 Å². The van der Waals surface area contributed by atoms with Crippen LogP contribution in [0.1, 0.15) is 11.1 Å². The number of methoxy groups -OCH3 is 1. The predicted octanol–water partition coefficient (Wildman–Crippen LogP) is 4.46. The van der Waals surface area contributed by atoms with Gasteiger partial charge < -0.3 is 14.8 Å². The molecule has 6 heteroatoms. The third-order valence-corrected chi connectivity index (χ3v) is 4.67. The predicted molar refractivity (Wildman–Crippen MR) is 111 cm³/mol. The van der Waals surface area contributed by atoms with Gasteiger partial charge in [-0.05, 0) is 54.6 Å². The molecule has 0 atom stereocenters. The number of carbonyl (C=O) groups excluding carboxylic acids is 1. The summed E-state index contributed by atoms with van der Waals surface area (Å²) >= 11 is 1.31. The van der Waals surface area contributed by atoms with Crippen molar-refractivity contribution in [1.29, 1.82) is 0 Å². The van der Waals surface area contributed by atoms with E-state index in [1.54, 1.807) is 19.3 Å². The summed E-state index contributed by atoms with van der Waals surface area (Å²) in [6, 6.07) is 13.3. The zero-order chi connectivity index (χ0) is 19.2. The quantitative estimate of drug-likeness (QED) is 0.594. The van der Waals surface area contributed by atoms with Gasteiger partial charge in [-0.2, -0.15) is 0 Å². The summed E-state index contributed by atoms with van der Waals surface area (Å²) in [5.74, 6) is 1.06. The molecule has 2 aromatic rings.